The summed E-state index contributed by atoms with van der Waals surface area (Å²) in [5.74, 6) is 1.11. The first-order valence-corrected chi connectivity index (χ1v) is 11.9. The number of aliphatic hydroxyl groups excluding tert-OH is 4. The van der Waals surface area contributed by atoms with Crippen LogP contribution in [-0.2, 0) is 11.2 Å². The van der Waals surface area contributed by atoms with Crippen molar-refractivity contribution >= 4 is 5.96 Å². The van der Waals surface area contributed by atoms with E-state index in [2.05, 4.69) is 15.2 Å². The van der Waals surface area contributed by atoms with Crippen molar-refractivity contribution in [1.82, 2.24) is 10.2 Å². The van der Waals surface area contributed by atoms with Gasteiger partial charge in [-0.15, -0.1) is 5.10 Å². The number of aromatic amines is 1. The van der Waals surface area contributed by atoms with Gasteiger partial charge in [-0.25, -0.2) is 0 Å². The third kappa shape index (κ3) is 6.65. The molecule has 1 aromatic carbocycles. The van der Waals surface area contributed by atoms with Crippen molar-refractivity contribution in [3.63, 3.8) is 0 Å². The van der Waals surface area contributed by atoms with E-state index in [4.69, 9.17) is 25.7 Å². The first-order valence-electron chi connectivity index (χ1n) is 11.9. The number of nitrogens with two attached hydrogens (primary N) is 2. The molecule has 1 aromatic heterocycles. The Hall–Kier alpha value is -2.90. The molecule has 12 nitrogen and oxygen atoms in total. The molecule has 3 rings (SSSR count). The topological polar surface area (TPSA) is 202 Å². The lowest BCUT2D eigenvalue weighted by Gasteiger charge is -2.39. The Morgan fingerprint density at radius 1 is 1.19 bits per heavy atom. The van der Waals surface area contributed by atoms with Crippen LogP contribution in [0.25, 0.3) is 0 Å². The molecule has 0 bridgehead atoms. The summed E-state index contributed by atoms with van der Waals surface area (Å²) < 4.78 is 17.1. The smallest absolute Gasteiger partial charge is 0.238 e. The zero-order chi connectivity index (χ0) is 26.4. The van der Waals surface area contributed by atoms with Gasteiger partial charge in [0.25, 0.3) is 0 Å². The Morgan fingerprint density at radius 3 is 2.58 bits per heavy atom. The van der Waals surface area contributed by atoms with Crippen molar-refractivity contribution in [2.24, 2.45) is 16.5 Å². The van der Waals surface area contributed by atoms with Crippen LogP contribution in [-0.4, -0.2) is 87.0 Å². The highest BCUT2D eigenvalue weighted by Gasteiger charge is 2.45. The summed E-state index contributed by atoms with van der Waals surface area (Å²) in [4.78, 5) is 3.93. The van der Waals surface area contributed by atoms with Gasteiger partial charge in [0.05, 0.1) is 13.2 Å². The van der Waals surface area contributed by atoms with Gasteiger partial charge in [-0.2, -0.15) is 0 Å². The number of aliphatic imine (C=N–C) groups is 1. The molecule has 36 heavy (non-hydrogen) atoms. The summed E-state index contributed by atoms with van der Waals surface area (Å²) in [7, 11) is 0. The van der Waals surface area contributed by atoms with Gasteiger partial charge in [-0.3, -0.25) is 10.1 Å². The van der Waals surface area contributed by atoms with Crippen LogP contribution in [0.3, 0.4) is 0 Å². The third-order valence-corrected chi connectivity index (χ3v) is 6.06. The molecule has 1 aliphatic rings. The first-order chi connectivity index (χ1) is 17.1. The maximum Gasteiger partial charge on any atom is 0.238 e. The fourth-order valence-electron chi connectivity index (χ4n) is 3.99. The Balaban J connectivity index is 1.75. The average molecular weight is 508 g/mol. The fourth-order valence-corrected chi connectivity index (χ4v) is 3.99. The second kappa shape index (κ2) is 12.4. The number of hydrogen-bond donors (Lipinski definition) is 7. The molecule has 0 unspecified atom stereocenters. The van der Waals surface area contributed by atoms with Crippen LogP contribution >= 0.6 is 0 Å². The molecular weight excluding hydrogens is 470 g/mol. The van der Waals surface area contributed by atoms with Gasteiger partial charge in [0.2, 0.25) is 12.2 Å². The van der Waals surface area contributed by atoms with Gasteiger partial charge in [0.15, 0.2) is 5.96 Å². The molecule has 5 atom stereocenters. The van der Waals surface area contributed by atoms with Crippen LogP contribution in [0.15, 0.2) is 23.2 Å². The van der Waals surface area contributed by atoms with Crippen LogP contribution in [0, 0.1) is 6.92 Å². The third-order valence-electron chi connectivity index (χ3n) is 6.06. The molecule has 2 aromatic rings. The van der Waals surface area contributed by atoms with E-state index in [1.807, 2.05) is 39.0 Å². The lowest BCUT2D eigenvalue weighted by atomic mass is 9.96. The Bertz CT molecular complexity index is 1020. The molecule has 0 aliphatic carbocycles. The predicted octanol–water partition coefficient (Wildman–Crippen LogP) is -0.347. The minimum absolute atomic E-state index is 0.0603. The monoisotopic (exact) mass is 507 g/mol. The molecule has 2 heterocycles. The predicted molar refractivity (Wildman–Crippen MR) is 132 cm³/mol. The molecule has 1 fully saturated rings. The molecule has 12 heteroatoms. The Morgan fingerprint density at radius 2 is 1.94 bits per heavy atom. The lowest BCUT2D eigenvalue weighted by molar-refractivity contribution is -0.278. The summed E-state index contributed by atoms with van der Waals surface area (Å²) in [6.07, 6.45) is -5.77. The standard InChI is InChI=1S/C24H37N5O7/c1-12(2)18-16(10-14-5-6-15(9-13(14)3)34-8-4-7-27-24(25)26)22(29-28-18)36-23-21(33)20(32)19(31)17(11-30)35-23/h5-6,9,12,17,19-21,23,30-33H,4,7-8,10-11H2,1-3H3,(H,28,29)(H4,25,26,27)/t17-,19-,20+,21-,23+/m1/s1. The van der Waals surface area contributed by atoms with E-state index >= 15 is 0 Å². The lowest BCUT2D eigenvalue weighted by Crippen LogP contribution is -2.60. The van der Waals surface area contributed by atoms with E-state index in [0.717, 1.165) is 28.1 Å². The number of aromatic nitrogens is 2. The number of benzene rings is 1. The SMILES string of the molecule is Cc1cc(OCCCN=C(N)N)ccc1Cc1c(O[C@@H]2O[C@H](CO)[C@@H](O)[C@H](O)[C@H]2O)n[nH]c1C(C)C. The molecule has 9 N–H and O–H groups in total. The van der Waals surface area contributed by atoms with E-state index in [0.29, 0.717) is 26.0 Å². The normalized spacial score (nSPS) is 24.1. The highest BCUT2D eigenvalue weighted by atomic mass is 16.7. The number of ether oxygens (including phenoxy) is 3. The minimum Gasteiger partial charge on any atom is -0.494 e. The molecule has 200 valence electrons. The van der Waals surface area contributed by atoms with Gasteiger partial charge >= 0.3 is 0 Å². The molecular formula is C24H37N5O7. The van der Waals surface area contributed by atoms with Crippen molar-refractivity contribution in [3.05, 3.63) is 40.6 Å². The maximum atomic E-state index is 10.4. The van der Waals surface area contributed by atoms with Crippen molar-refractivity contribution in [1.29, 1.82) is 0 Å². The Labute approximate surface area is 209 Å². The molecule has 1 aliphatic heterocycles. The van der Waals surface area contributed by atoms with Crippen molar-refractivity contribution < 1.29 is 34.6 Å². The molecule has 1 saturated heterocycles. The average Bonchev–Trinajstić information content (AvgIpc) is 3.23. The van der Waals surface area contributed by atoms with Gasteiger partial charge in [-0.05, 0) is 36.1 Å². The van der Waals surface area contributed by atoms with E-state index in [1.165, 1.54) is 0 Å². The van der Waals surface area contributed by atoms with Gasteiger partial charge in [0.1, 0.15) is 30.2 Å². The summed E-state index contributed by atoms with van der Waals surface area (Å²) >= 11 is 0. The molecule has 0 saturated carbocycles. The van der Waals surface area contributed by atoms with E-state index in [-0.39, 0.29) is 17.8 Å². The number of aryl methyl sites for hydroxylation is 1. The maximum absolute atomic E-state index is 10.4. The number of nitrogens with one attached hydrogen (secondary N) is 1. The number of guanidine groups is 1. The van der Waals surface area contributed by atoms with Crippen LogP contribution in [0.5, 0.6) is 11.6 Å². The number of H-pyrrole nitrogens is 1. The van der Waals surface area contributed by atoms with E-state index in [9.17, 15) is 20.4 Å². The summed E-state index contributed by atoms with van der Waals surface area (Å²) in [5.41, 5.74) is 14.3. The molecule has 0 amide bonds. The highest BCUT2D eigenvalue weighted by molar-refractivity contribution is 5.75. The minimum atomic E-state index is -1.54. The summed E-state index contributed by atoms with van der Waals surface area (Å²) in [6, 6.07) is 5.80. The fraction of sp³-hybridized carbons (Fsp3) is 0.583. The van der Waals surface area contributed by atoms with Crippen molar-refractivity contribution in [2.45, 2.75) is 70.2 Å². The van der Waals surface area contributed by atoms with Gasteiger partial charge in [-0.1, -0.05) is 19.9 Å². The van der Waals surface area contributed by atoms with Crippen LogP contribution in [0.1, 0.15) is 48.6 Å². The zero-order valence-electron chi connectivity index (χ0n) is 20.8. The molecule has 0 spiro atoms. The van der Waals surface area contributed by atoms with Crippen molar-refractivity contribution in [2.75, 3.05) is 19.8 Å². The number of hydrogen-bond acceptors (Lipinski definition) is 9. The van der Waals surface area contributed by atoms with Crippen LogP contribution in [0.2, 0.25) is 0 Å². The number of aliphatic hydroxyl groups is 4. The first kappa shape index (κ1) is 27.7. The van der Waals surface area contributed by atoms with Crippen LogP contribution in [0.4, 0.5) is 0 Å². The van der Waals surface area contributed by atoms with Gasteiger partial charge in [0, 0.05) is 30.6 Å². The van der Waals surface area contributed by atoms with E-state index < -0.39 is 37.3 Å². The zero-order valence-corrected chi connectivity index (χ0v) is 20.8. The van der Waals surface area contributed by atoms with Crippen molar-refractivity contribution in [3.8, 4) is 11.6 Å². The van der Waals surface area contributed by atoms with Gasteiger partial charge < -0.3 is 46.1 Å². The van der Waals surface area contributed by atoms with E-state index in [1.54, 1.807) is 0 Å². The highest BCUT2D eigenvalue weighted by Crippen LogP contribution is 2.32. The Kier molecular flexibility index (Phi) is 9.51. The largest absolute Gasteiger partial charge is 0.494 e. The second-order valence-corrected chi connectivity index (χ2v) is 9.16. The quantitative estimate of drug-likeness (QED) is 0.120. The molecule has 0 radical (unpaired) electrons. The summed E-state index contributed by atoms with van der Waals surface area (Å²) in [6.45, 7) is 6.44. The summed E-state index contributed by atoms with van der Waals surface area (Å²) in [5, 5.41) is 47.2. The second-order valence-electron chi connectivity index (χ2n) is 9.16. The number of nitrogens with zero attached hydrogens (tertiary/aromatic N) is 2. The number of rotatable bonds is 11. The van der Waals surface area contributed by atoms with Crippen LogP contribution < -0.4 is 20.9 Å².